The van der Waals surface area contributed by atoms with E-state index < -0.39 is 0 Å². The maximum atomic E-state index is 12.4. The summed E-state index contributed by atoms with van der Waals surface area (Å²) in [5.74, 6) is 0.304. The number of carbonyl (C=O) groups excluding carboxylic acids is 1. The Labute approximate surface area is 160 Å². The zero-order chi connectivity index (χ0) is 17.9. The van der Waals surface area contributed by atoms with E-state index in [0.717, 1.165) is 27.6 Å². The Bertz CT molecular complexity index is 940. The van der Waals surface area contributed by atoms with Gasteiger partial charge in [0.25, 0.3) is 0 Å². The quantitative estimate of drug-likeness (QED) is 0.607. The maximum Gasteiger partial charge on any atom is 0.313 e. The summed E-state index contributed by atoms with van der Waals surface area (Å²) in [4.78, 5) is 16.9. The molecule has 0 N–H and O–H groups in total. The Morgan fingerprint density at radius 3 is 2.92 bits per heavy atom. The predicted octanol–water partition coefficient (Wildman–Crippen LogP) is 4.76. The first-order valence-corrected chi connectivity index (χ1v) is 9.53. The van der Waals surface area contributed by atoms with Crippen LogP contribution in [-0.4, -0.2) is 17.6 Å². The van der Waals surface area contributed by atoms with Crippen LogP contribution in [0.4, 0.5) is 0 Å². The molecule has 132 valence electrons. The van der Waals surface area contributed by atoms with E-state index in [-0.39, 0.29) is 18.5 Å². The second-order valence-corrected chi connectivity index (χ2v) is 7.32. The first kappa shape index (κ1) is 17.1. The lowest BCUT2D eigenvalue weighted by atomic mass is 9.97. The second-order valence-electron chi connectivity index (χ2n) is 6.05. The number of benzene rings is 2. The molecule has 2 heterocycles. The second kappa shape index (κ2) is 7.48. The van der Waals surface area contributed by atoms with Crippen molar-refractivity contribution in [2.24, 2.45) is 5.92 Å². The highest BCUT2D eigenvalue weighted by atomic mass is 35.5. The number of ether oxygens (including phenoxy) is 2. The van der Waals surface area contributed by atoms with Crippen molar-refractivity contribution in [3.63, 3.8) is 0 Å². The number of aromatic nitrogens is 1. The van der Waals surface area contributed by atoms with Gasteiger partial charge in [-0.05, 0) is 24.1 Å². The average molecular weight is 386 g/mol. The number of hydrogen-bond acceptors (Lipinski definition) is 5. The van der Waals surface area contributed by atoms with Crippen molar-refractivity contribution in [1.29, 1.82) is 0 Å². The smallest absolute Gasteiger partial charge is 0.313 e. The summed E-state index contributed by atoms with van der Waals surface area (Å²) in [6.45, 7) is 0.496. The van der Waals surface area contributed by atoms with Crippen LogP contribution in [0.3, 0.4) is 0 Å². The number of thiazole rings is 1. The molecule has 6 heteroatoms. The zero-order valence-corrected chi connectivity index (χ0v) is 15.4. The van der Waals surface area contributed by atoms with Crippen LogP contribution in [0.1, 0.15) is 11.3 Å². The predicted molar refractivity (Wildman–Crippen MR) is 101 cm³/mol. The highest BCUT2D eigenvalue weighted by Gasteiger charge is 2.27. The normalized spacial score (nSPS) is 15.8. The minimum atomic E-state index is -0.286. The van der Waals surface area contributed by atoms with Crippen molar-refractivity contribution in [1.82, 2.24) is 4.98 Å². The van der Waals surface area contributed by atoms with Crippen LogP contribution < -0.4 is 4.74 Å². The molecule has 0 fully saturated rings. The number of halogens is 1. The zero-order valence-electron chi connectivity index (χ0n) is 13.9. The SMILES string of the molecule is O=C(OCc1csc(-c2ccccc2Cl)n1)C1COc2ccccc2C1. The van der Waals surface area contributed by atoms with Crippen LogP contribution in [0.2, 0.25) is 5.02 Å². The topological polar surface area (TPSA) is 48.4 Å². The van der Waals surface area contributed by atoms with Gasteiger partial charge in [0.15, 0.2) is 0 Å². The van der Waals surface area contributed by atoms with Crippen LogP contribution in [-0.2, 0) is 22.6 Å². The van der Waals surface area contributed by atoms with Crippen molar-refractivity contribution in [2.75, 3.05) is 6.61 Å². The van der Waals surface area contributed by atoms with Crippen molar-refractivity contribution >= 4 is 28.9 Å². The minimum absolute atomic E-state index is 0.151. The van der Waals surface area contributed by atoms with E-state index in [2.05, 4.69) is 4.98 Å². The number of hydrogen-bond donors (Lipinski definition) is 0. The van der Waals surface area contributed by atoms with E-state index in [1.807, 2.05) is 53.9 Å². The number of rotatable bonds is 4. The van der Waals surface area contributed by atoms with E-state index in [1.165, 1.54) is 11.3 Å². The molecule has 4 rings (SSSR count). The first-order chi connectivity index (χ1) is 12.7. The van der Waals surface area contributed by atoms with Gasteiger partial charge in [0.1, 0.15) is 24.0 Å². The summed E-state index contributed by atoms with van der Waals surface area (Å²) in [5.41, 5.74) is 2.64. The molecule has 1 aliphatic heterocycles. The molecule has 1 aliphatic rings. The molecule has 2 aromatic carbocycles. The third-order valence-electron chi connectivity index (χ3n) is 4.23. The molecule has 3 aromatic rings. The molecule has 0 spiro atoms. The van der Waals surface area contributed by atoms with E-state index >= 15 is 0 Å². The fourth-order valence-corrected chi connectivity index (χ4v) is 4.00. The largest absolute Gasteiger partial charge is 0.492 e. The van der Waals surface area contributed by atoms with Gasteiger partial charge in [-0.25, -0.2) is 4.98 Å². The Morgan fingerprint density at radius 1 is 1.23 bits per heavy atom. The highest BCUT2D eigenvalue weighted by Crippen LogP contribution is 2.31. The third-order valence-corrected chi connectivity index (χ3v) is 5.48. The van der Waals surface area contributed by atoms with Gasteiger partial charge in [0, 0.05) is 10.9 Å². The maximum absolute atomic E-state index is 12.4. The fourth-order valence-electron chi connectivity index (χ4n) is 2.87. The van der Waals surface area contributed by atoms with Gasteiger partial charge in [-0.1, -0.05) is 48.0 Å². The molecular weight excluding hydrogens is 370 g/mol. The minimum Gasteiger partial charge on any atom is -0.492 e. The van der Waals surface area contributed by atoms with E-state index in [9.17, 15) is 4.79 Å². The highest BCUT2D eigenvalue weighted by molar-refractivity contribution is 7.13. The van der Waals surface area contributed by atoms with Crippen LogP contribution in [0, 0.1) is 5.92 Å². The number of para-hydroxylation sites is 1. The van der Waals surface area contributed by atoms with Crippen molar-refractivity contribution in [3.05, 3.63) is 70.2 Å². The number of carbonyl (C=O) groups is 1. The van der Waals surface area contributed by atoms with Crippen molar-refractivity contribution in [2.45, 2.75) is 13.0 Å². The number of nitrogens with zero attached hydrogens (tertiary/aromatic N) is 1. The van der Waals surface area contributed by atoms with Gasteiger partial charge in [-0.2, -0.15) is 0 Å². The lowest BCUT2D eigenvalue weighted by Crippen LogP contribution is -2.29. The van der Waals surface area contributed by atoms with Gasteiger partial charge in [0.05, 0.1) is 16.6 Å². The summed E-state index contributed by atoms with van der Waals surface area (Å²) in [5, 5.41) is 3.36. The summed E-state index contributed by atoms with van der Waals surface area (Å²) in [6, 6.07) is 15.3. The molecule has 0 saturated carbocycles. The Hall–Kier alpha value is -2.37. The van der Waals surface area contributed by atoms with Crippen LogP contribution >= 0.6 is 22.9 Å². The summed E-state index contributed by atoms with van der Waals surface area (Å²) < 4.78 is 11.1. The first-order valence-electron chi connectivity index (χ1n) is 8.27. The Balaban J connectivity index is 1.38. The Morgan fingerprint density at radius 2 is 2.04 bits per heavy atom. The van der Waals surface area contributed by atoms with Crippen molar-refractivity contribution < 1.29 is 14.3 Å². The van der Waals surface area contributed by atoms with Crippen LogP contribution in [0.15, 0.2) is 53.9 Å². The van der Waals surface area contributed by atoms with E-state index in [1.54, 1.807) is 0 Å². The van der Waals surface area contributed by atoms with Gasteiger partial charge >= 0.3 is 5.97 Å². The molecule has 0 amide bonds. The Kier molecular flexibility index (Phi) is 4.91. The lowest BCUT2D eigenvalue weighted by Gasteiger charge is -2.23. The number of esters is 1. The van der Waals surface area contributed by atoms with Gasteiger partial charge in [0.2, 0.25) is 0 Å². The molecule has 4 nitrogen and oxygen atoms in total. The van der Waals surface area contributed by atoms with E-state index in [0.29, 0.717) is 18.1 Å². The molecule has 0 bridgehead atoms. The standard InChI is InChI=1S/C20H16ClNO3S/c21-17-7-3-2-6-16(17)19-22-15(12-26-19)11-25-20(23)14-9-13-5-1-4-8-18(13)24-10-14/h1-8,12,14H,9-11H2. The molecule has 0 aliphatic carbocycles. The number of fused-ring (bicyclic) bond motifs is 1. The van der Waals surface area contributed by atoms with Crippen LogP contribution in [0.5, 0.6) is 5.75 Å². The molecule has 26 heavy (non-hydrogen) atoms. The fraction of sp³-hybridized carbons (Fsp3) is 0.200. The average Bonchev–Trinajstić information content (AvgIpc) is 3.15. The van der Waals surface area contributed by atoms with E-state index in [4.69, 9.17) is 21.1 Å². The molecule has 0 saturated heterocycles. The molecule has 1 atom stereocenters. The third kappa shape index (κ3) is 3.59. The molecule has 0 radical (unpaired) electrons. The molecule has 1 unspecified atom stereocenters. The molecule has 1 aromatic heterocycles. The lowest BCUT2D eigenvalue weighted by molar-refractivity contribution is -0.151. The monoisotopic (exact) mass is 385 g/mol. The van der Waals surface area contributed by atoms with Crippen LogP contribution in [0.25, 0.3) is 10.6 Å². The van der Waals surface area contributed by atoms with Gasteiger partial charge in [-0.3, -0.25) is 4.79 Å². The summed E-state index contributed by atoms with van der Waals surface area (Å²) >= 11 is 7.69. The summed E-state index contributed by atoms with van der Waals surface area (Å²) in [7, 11) is 0. The molecular formula is C20H16ClNO3S. The van der Waals surface area contributed by atoms with Crippen molar-refractivity contribution in [3.8, 4) is 16.3 Å². The van der Waals surface area contributed by atoms with Gasteiger partial charge < -0.3 is 9.47 Å². The summed E-state index contributed by atoms with van der Waals surface area (Å²) in [6.07, 6.45) is 0.636. The van der Waals surface area contributed by atoms with Gasteiger partial charge in [-0.15, -0.1) is 11.3 Å².